The van der Waals surface area contributed by atoms with Gasteiger partial charge in [-0.3, -0.25) is 0 Å². The van der Waals surface area contributed by atoms with Crippen molar-refractivity contribution >= 4 is 10.9 Å². The summed E-state index contributed by atoms with van der Waals surface area (Å²) in [5.74, 6) is -0.0634. The van der Waals surface area contributed by atoms with Crippen molar-refractivity contribution in [3.8, 4) is 5.88 Å². The third-order valence-electron chi connectivity index (χ3n) is 2.38. The van der Waals surface area contributed by atoms with E-state index in [1.807, 2.05) is 12.1 Å². The molecule has 0 radical (unpaired) electrons. The van der Waals surface area contributed by atoms with Crippen LogP contribution in [0.5, 0.6) is 5.88 Å². The third-order valence-corrected chi connectivity index (χ3v) is 2.38. The van der Waals surface area contributed by atoms with E-state index in [1.54, 1.807) is 12.1 Å². The molecule has 0 aliphatic heterocycles. The topological polar surface area (TPSA) is 48.1 Å². The zero-order chi connectivity index (χ0) is 13.2. The summed E-state index contributed by atoms with van der Waals surface area (Å²) >= 11 is 0. The van der Waals surface area contributed by atoms with Crippen LogP contribution in [-0.2, 0) is 6.54 Å². The van der Waals surface area contributed by atoms with E-state index >= 15 is 0 Å². The molecule has 1 aromatic heterocycles. The molecule has 0 amide bonds. The molecule has 0 fully saturated rings. The average Bonchev–Trinajstić information content (AvgIpc) is 2.34. The highest BCUT2D eigenvalue weighted by Gasteiger charge is 2.28. The van der Waals surface area contributed by atoms with Crippen LogP contribution >= 0.6 is 0 Å². The van der Waals surface area contributed by atoms with E-state index in [4.69, 9.17) is 5.73 Å². The zero-order valence-corrected chi connectivity index (χ0v) is 9.37. The number of fused-ring (bicyclic) bond motifs is 1. The van der Waals surface area contributed by atoms with E-state index < -0.39 is 12.8 Å². The molecular formula is C12H11F3N2O. The van der Waals surface area contributed by atoms with E-state index in [0.717, 1.165) is 5.39 Å². The molecule has 0 bridgehead atoms. The van der Waals surface area contributed by atoms with Crippen molar-refractivity contribution in [3.05, 3.63) is 35.9 Å². The normalized spacial score (nSPS) is 11.8. The van der Waals surface area contributed by atoms with Crippen LogP contribution in [0.4, 0.5) is 13.2 Å². The van der Waals surface area contributed by atoms with E-state index in [-0.39, 0.29) is 12.4 Å². The van der Waals surface area contributed by atoms with Crippen molar-refractivity contribution in [2.24, 2.45) is 5.73 Å². The first-order valence-corrected chi connectivity index (χ1v) is 5.28. The second kappa shape index (κ2) is 4.81. The van der Waals surface area contributed by atoms with Gasteiger partial charge in [-0.25, -0.2) is 4.98 Å². The maximum Gasteiger partial charge on any atom is 0.422 e. The van der Waals surface area contributed by atoms with Gasteiger partial charge >= 0.3 is 6.18 Å². The number of aromatic nitrogens is 1. The van der Waals surface area contributed by atoms with Crippen molar-refractivity contribution < 1.29 is 17.9 Å². The van der Waals surface area contributed by atoms with E-state index in [2.05, 4.69) is 9.72 Å². The lowest BCUT2D eigenvalue weighted by Gasteiger charge is -2.11. The molecule has 0 aliphatic carbocycles. The van der Waals surface area contributed by atoms with Crippen LogP contribution in [0.15, 0.2) is 30.3 Å². The molecular weight excluding hydrogens is 245 g/mol. The van der Waals surface area contributed by atoms with Crippen molar-refractivity contribution in [3.63, 3.8) is 0 Å². The fourth-order valence-electron chi connectivity index (χ4n) is 1.62. The van der Waals surface area contributed by atoms with E-state index in [1.165, 1.54) is 6.07 Å². The van der Waals surface area contributed by atoms with Gasteiger partial charge in [0.15, 0.2) is 6.61 Å². The Morgan fingerprint density at radius 2 is 1.94 bits per heavy atom. The minimum Gasteiger partial charge on any atom is -0.468 e. The van der Waals surface area contributed by atoms with Gasteiger partial charge in [-0.15, -0.1) is 0 Å². The predicted octanol–water partition coefficient (Wildman–Crippen LogP) is 2.63. The molecule has 0 atom stereocenters. The van der Waals surface area contributed by atoms with Crippen molar-refractivity contribution in [2.75, 3.05) is 6.61 Å². The number of nitrogens with two attached hydrogens (primary N) is 1. The van der Waals surface area contributed by atoms with Crippen molar-refractivity contribution in [1.29, 1.82) is 0 Å². The highest BCUT2D eigenvalue weighted by molar-refractivity contribution is 5.82. The molecule has 0 saturated carbocycles. The molecule has 3 nitrogen and oxygen atoms in total. The largest absolute Gasteiger partial charge is 0.468 e. The molecule has 1 heterocycles. The van der Waals surface area contributed by atoms with Gasteiger partial charge in [0.1, 0.15) is 0 Å². The smallest absolute Gasteiger partial charge is 0.422 e. The Balaban J connectivity index is 2.35. The lowest BCUT2D eigenvalue weighted by atomic mass is 10.1. The lowest BCUT2D eigenvalue weighted by molar-refractivity contribution is -0.154. The Kier molecular flexibility index (Phi) is 3.38. The highest BCUT2D eigenvalue weighted by atomic mass is 19.4. The summed E-state index contributed by atoms with van der Waals surface area (Å²) in [6, 6.07) is 8.53. The summed E-state index contributed by atoms with van der Waals surface area (Å²) in [6.45, 7) is -1.15. The summed E-state index contributed by atoms with van der Waals surface area (Å²) in [4.78, 5) is 4.01. The van der Waals surface area contributed by atoms with Crippen LogP contribution in [0.2, 0.25) is 0 Å². The van der Waals surface area contributed by atoms with Gasteiger partial charge in [-0.1, -0.05) is 18.2 Å². The third kappa shape index (κ3) is 2.89. The number of pyridine rings is 1. The molecule has 1 aromatic carbocycles. The Bertz CT molecular complexity index is 555. The van der Waals surface area contributed by atoms with Crippen LogP contribution < -0.4 is 10.5 Å². The predicted molar refractivity (Wildman–Crippen MR) is 61.2 cm³/mol. The molecule has 0 unspecified atom stereocenters. The molecule has 2 N–H and O–H groups in total. The molecule has 2 rings (SSSR count). The van der Waals surface area contributed by atoms with Gasteiger partial charge in [0.25, 0.3) is 0 Å². The van der Waals surface area contributed by atoms with Crippen molar-refractivity contribution in [2.45, 2.75) is 12.7 Å². The molecule has 96 valence electrons. The lowest BCUT2D eigenvalue weighted by Crippen LogP contribution is -2.19. The first kappa shape index (κ1) is 12.6. The molecule has 2 aromatic rings. The number of nitrogens with zero attached hydrogens (tertiary/aromatic N) is 1. The van der Waals surface area contributed by atoms with Gasteiger partial charge in [-0.05, 0) is 11.6 Å². The minimum atomic E-state index is -4.38. The quantitative estimate of drug-likeness (QED) is 0.918. The Morgan fingerprint density at radius 1 is 1.22 bits per heavy atom. The number of halogens is 3. The maximum atomic E-state index is 12.1. The van der Waals surface area contributed by atoms with Gasteiger partial charge in [0.2, 0.25) is 5.88 Å². The second-order valence-electron chi connectivity index (χ2n) is 3.74. The molecule has 6 heteroatoms. The standard InChI is InChI=1S/C12H11F3N2O/c13-12(14,15)7-18-11-5-8(6-16)9-3-1-2-4-10(9)17-11/h1-5H,6-7,16H2. The minimum absolute atomic E-state index is 0.0634. The van der Waals surface area contributed by atoms with Crippen LogP contribution in [0.25, 0.3) is 10.9 Å². The molecule has 18 heavy (non-hydrogen) atoms. The zero-order valence-electron chi connectivity index (χ0n) is 9.37. The maximum absolute atomic E-state index is 12.1. The first-order valence-electron chi connectivity index (χ1n) is 5.28. The van der Waals surface area contributed by atoms with Crippen LogP contribution in [-0.4, -0.2) is 17.8 Å². The summed E-state index contributed by atoms with van der Waals surface area (Å²) in [6.07, 6.45) is -4.38. The van der Waals surface area contributed by atoms with Crippen LogP contribution in [0.1, 0.15) is 5.56 Å². The van der Waals surface area contributed by atoms with Crippen LogP contribution in [0, 0.1) is 0 Å². The Labute approximate surface area is 101 Å². The number of alkyl halides is 3. The van der Waals surface area contributed by atoms with Gasteiger partial charge in [-0.2, -0.15) is 13.2 Å². The number of ether oxygens (including phenoxy) is 1. The fraction of sp³-hybridized carbons (Fsp3) is 0.250. The molecule has 0 saturated heterocycles. The number of hydrogen-bond donors (Lipinski definition) is 1. The van der Waals surface area contributed by atoms with Crippen LogP contribution in [0.3, 0.4) is 0 Å². The molecule has 0 spiro atoms. The van der Waals surface area contributed by atoms with E-state index in [0.29, 0.717) is 11.1 Å². The SMILES string of the molecule is NCc1cc(OCC(F)(F)F)nc2ccccc12. The second-order valence-corrected chi connectivity index (χ2v) is 3.74. The monoisotopic (exact) mass is 256 g/mol. The fourth-order valence-corrected chi connectivity index (χ4v) is 1.62. The first-order chi connectivity index (χ1) is 8.49. The number of rotatable bonds is 3. The van der Waals surface area contributed by atoms with E-state index in [9.17, 15) is 13.2 Å². The van der Waals surface area contributed by atoms with Gasteiger partial charge in [0, 0.05) is 18.0 Å². The number of benzene rings is 1. The summed E-state index contributed by atoms with van der Waals surface area (Å²) in [5, 5.41) is 0.819. The average molecular weight is 256 g/mol. The van der Waals surface area contributed by atoms with Gasteiger partial charge in [0.05, 0.1) is 5.52 Å². The number of para-hydroxylation sites is 1. The Hall–Kier alpha value is -1.82. The number of hydrogen-bond acceptors (Lipinski definition) is 3. The Morgan fingerprint density at radius 3 is 2.61 bits per heavy atom. The summed E-state index contributed by atoms with van der Waals surface area (Å²) in [5.41, 5.74) is 6.83. The summed E-state index contributed by atoms with van der Waals surface area (Å²) in [7, 11) is 0. The molecule has 0 aliphatic rings. The van der Waals surface area contributed by atoms with Gasteiger partial charge < -0.3 is 10.5 Å². The van der Waals surface area contributed by atoms with Crippen molar-refractivity contribution in [1.82, 2.24) is 4.98 Å². The highest BCUT2D eigenvalue weighted by Crippen LogP contribution is 2.23. The summed E-state index contributed by atoms with van der Waals surface area (Å²) < 4.78 is 40.8.